The molecule has 0 saturated carbocycles. The number of anilines is 1. The van der Waals surface area contributed by atoms with E-state index in [9.17, 15) is 18.4 Å². The monoisotopic (exact) mass is 477 g/mol. The van der Waals surface area contributed by atoms with Gasteiger partial charge in [-0.25, -0.2) is 18.6 Å². The van der Waals surface area contributed by atoms with Gasteiger partial charge in [-0.1, -0.05) is 20.8 Å². The van der Waals surface area contributed by atoms with Crippen molar-refractivity contribution >= 4 is 34.0 Å². The van der Waals surface area contributed by atoms with E-state index >= 15 is 0 Å². The SMILES string of the molecule is COC(=O)c1c(NC(=O)c2nc3nc(C)cc(C(F)F)n3n2)sc2c1CCC(C(C)(C)C)C2. The van der Waals surface area contributed by atoms with Gasteiger partial charge in [0.15, 0.2) is 0 Å². The Kier molecular flexibility index (Phi) is 5.94. The van der Waals surface area contributed by atoms with Crippen LogP contribution in [0.4, 0.5) is 13.8 Å². The topological polar surface area (TPSA) is 98.5 Å². The molecule has 1 amide bonds. The van der Waals surface area contributed by atoms with Crippen molar-refractivity contribution in [3.05, 3.63) is 39.3 Å². The minimum atomic E-state index is -2.81. The summed E-state index contributed by atoms with van der Waals surface area (Å²) in [6.45, 7) is 8.14. The molecule has 176 valence electrons. The van der Waals surface area contributed by atoms with Crippen molar-refractivity contribution in [3.63, 3.8) is 0 Å². The molecule has 0 fully saturated rings. The summed E-state index contributed by atoms with van der Waals surface area (Å²) in [4.78, 5) is 34.6. The number of halogens is 2. The second-order valence-electron chi connectivity index (χ2n) is 9.23. The minimum Gasteiger partial charge on any atom is -0.465 e. The minimum absolute atomic E-state index is 0.0952. The molecule has 4 rings (SSSR count). The van der Waals surface area contributed by atoms with Crippen molar-refractivity contribution in [2.24, 2.45) is 11.3 Å². The maximum absolute atomic E-state index is 13.4. The average Bonchev–Trinajstić information content (AvgIpc) is 3.32. The number of aromatic nitrogens is 4. The number of methoxy groups -OCH3 is 1. The molecule has 1 N–H and O–H groups in total. The number of alkyl halides is 2. The summed E-state index contributed by atoms with van der Waals surface area (Å²) in [5, 5.41) is 6.98. The molecule has 33 heavy (non-hydrogen) atoms. The smallest absolute Gasteiger partial charge is 0.341 e. The zero-order valence-corrected chi connectivity index (χ0v) is 19.8. The molecule has 0 aliphatic heterocycles. The Morgan fingerprint density at radius 3 is 2.67 bits per heavy atom. The van der Waals surface area contributed by atoms with E-state index in [1.54, 1.807) is 6.92 Å². The lowest BCUT2D eigenvalue weighted by atomic mass is 9.72. The third-order valence-corrected chi connectivity index (χ3v) is 7.17. The van der Waals surface area contributed by atoms with Crippen LogP contribution in [0.1, 0.15) is 76.4 Å². The average molecular weight is 478 g/mol. The van der Waals surface area contributed by atoms with Gasteiger partial charge in [0.25, 0.3) is 18.1 Å². The molecule has 0 spiro atoms. The van der Waals surface area contributed by atoms with Crippen LogP contribution in [0, 0.1) is 18.3 Å². The third-order valence-electron chi connectivity index (χ3n) is 6.00. The van der Waals surface area contributed by atoms with E-state index in [0.717, 1.165) is 27.8 Å². The van der Waals surface area contributed by atoms with E-state index in [4.69, 9.17) is 4.74 Å². The van der Waals surface area contributed by atoms with Gasteiger partial charge in [-0.2, -0.15) is 9.50 Å². The molecule has 1 atom stereocenters. The Hall–Kier alpha value is -2.95. The van der Waals surface area contributed by atoms with Crippen LogP contribution in [0.15, 0.2) is 6.07 Å². The van der Waals surface area contributed by atoms with Crippen molar-refractivity contribution in [2.45, 2.75) is 53.4 Å². The molecule has 3 heterocycles. The Bertz CT molecular complexity index is 1250. The molecule has 11 heteroatoms. The number of rotatable bonds is 4. The summed E-state index contributed by atoms with van der Waals surface area (Å²) in [6, 6.07) is 1.20. The number of nitrogens with one attached hydrogen (secondary N) is 1. The predicted octanol–water partition coefficient (Wildman–Crippen LogP) is 4.62. The standard InChI is InChI=1S/C22H25F2N5O3S/c1-10-8-13(16(23)24)29-21(25-10)26-17(28-29)18(30)27-19-15(20(31)32-5)12-7-6-11(22(2,3)4)9-14(12)33-19/h8,11,16H,6-7,9H2,1-5H3,(H,27,30). The molecular weight excluding hydrogens is 452 g/mol. The second-order valence-corrected chi connectivity index (χ2v) is 10.3. The van der Waals surface area contributed by atoms with Crippen LogP contribution in [0.5, 0.6) is 0 Å². The van der Waals surface area contributed by atoms with Crippen molar-refractivity contribution in [3.8, 4) is 0 Å². The van der Waals surface area contributed by atoms with Gasteiger partial charge < -0.3 is 10.1 Å². The molecule has 0 aromatic carbocycles. The largest absolute Gasteiger partial charge is 0.465 e. The highest BCUT2D eigenvalue weighted by Gasteiger charge is 2.34. The van der Waals surface area contributed by atoms with Gasteiger partial charge in [0.1, 0.15) is 10.7 Å². The fourth-order valence-corrected chi connectivity index (χ4v) is 5.47. The van der Waals surface area contributed by atoms with E-state index in [0.29, 0.717) is 28.6 Å². The highest BCUT2D eigenvalue weighted by molar-refractivity contribution is 7.17. The first-order chi connectivity index (χ1) is 15.5. The van der Waals surface area contributed by atoms with Crippen LogP contribution in [-0.2, 0) is 17.6 Å². The second kappa shape index (κ2) is 8.44. The highest BCUT2D eigenvalue weighted by Crippen LogP contribution is 2.44. The Labute approximate surface area is 193 Å². The van der Waals surface area contributed by atoms with Gasteiger partial charge in [0.2, 0.25) is 5.82 Å². The number of nitrogens with zero attached hydrogens (tertiary/aromatic N) is 4. The third kappa shape index (κ3) is 4.33. The molecule has 0 bridgehead atoms. The number of aryl methyl sites for hydroxylation is 1. The van der Waals surface area contributed by atoms with Crippen molar-refractivity contribution in [1.29, 1.82) is 0 Å². The number of ether oxygens (including phenoxy) is 1. The number of carbonyl (C=O) groups excluding carboxylic acids is 2. The lowest BCUT2D eigenvalue weighted by Crippen LogP contribution is -2.26. The lowest BCUT2D eigenvalue weighted by Gasteiger charge is -2.33. The molecule has 0 radical (unpaired) electrons. The van der Waals surface area contributed by atoms with E-state index in [-0.39, 0.29) is 17.0 Å². The van der Waals surface area contributed by atoms with Crippen molar-refractivity contribution in [1.82, 2.24) is 19.6 Å². The summed E-state index contributed by atoms with van der Waals surface area (Å²) in [7, 11) is 1.29. The maximum atomic E-state index is 13.4. The first-order valence-electron chi connectivity index (χ1n) is 10.6. The van der Waals surface area contributed by atoms with Gasteiger partial charge in [0, 0.05) is 10.6 Å². The number of hydrogen-bond acceptors (Lipinski definition) is 7. The number of hydrogen-bond donors (Lipinski definition) is 1. The number of carbonyl (C=O) groups is 2. The van der Waals surface area contributed by atoms with E-state index in [1.165, 1.54) is 24.5 Å². The van der Waals surface area contributed by atoms with E-state index < -0.39 is 24.0 Å². The summed E-state index contributed by atoms with van der Waals surface area (Å²) < 4.78 is 32.6. The van der Waals surface area contributed by atoms with Gasteiger partial charge >= 0.3 is 5.97 Å². The molecular formula is C22H25F2N5O3S. The van der Waals surface area contributed by atoms with Crippen molar-refractivity contribution in [2.75, 3.05) is 12.4 Å². The zero-order valence-electron chi connectivity index (χ0n) is 19.0. The van der Waals surface area contributed by atoms with Crippen LogP contribution >= 0.6 is 11.3 Å². The van der Waals surface area contributed by atoms with E-state index in [2.05, 4.69) is 41.2 Å². The van der Waals surface area contributed by atoms with Gasteiger partial charge in [0.05, 0.1) is 12.7 Å². The fraction of sp³-hybridized carbons (Fsp3) is 0.500. The Morgan fingerprint density at radius 2 is 2.03 bits per heavy atom. The number of thiophene rings is 1. The molecule has 3 aromatic heterocycles. The molecule has 3 aromatic rings. The molecule has 1 aliphatic carbocycles. The van der Waals surface area contributed by atoms with Gasteiger partial charge in [-0.15, -0.1) is 16.4 Å². The quantitative estimate of drug-likeness (QED) is 0.551. The zero-order chi connectivity index (χ0) is 24.1. The summed E-state index contributed by atoms with van der Waals surface area (Å²) in [5.74, 6) is -1.21. The number of esters is 1. The van der Waals surface area contributed by atoms with E-state index in [1.807, 2.05) is 0 Å². The van der Waals surface area contributed by atoms with Crippen LogP contribution in [-0.4, -0.2) is 38.6 Å². The Morgan fingerprint density at radius 1 is 1.30 bits per heavy atom. The lowest BCUT2D eigenvalue weighted by molar-refractivity contribution is 0.0600. The van der Waals surface area contributed by atoms with Crippen LogP contribution in [0.3, 0.4) is 0 Å². The van der Waals surface area contributed by atoms with Crippen LogP contribution < -0.4 is 5.32 Å². The number of fused-ring (bicyclic) bond motifs is 2. The number of amides is 1. The van der Waals surface area contributed by atoms with Crippen molar-refractivity contribution < 1.29 is 23.1 Å². The fourth-order valence-electron chi connectivity index (χ4n) is 4.16. The molecule has 8 nitrogen and oxygen atoms in total. The van der Waals surface area contributed by atoms with Gasteiger partial charge in [-0.05, 0) is 49.1 Å². The summed E-state index contributed by atoms with van der Waals surface area (Å²) in [5.41, 5.74) is 1.28. The van der Waals surface area contributed by atoms with Crippen LogP contribution in [0.2, 0.25) is 0 Å². The maximum Gasteiger partial charge on any atom is 0.341 e. The summed E-state index contributed by atoms with van der Waals surface area (Å²) >= 11 is 1.34. The van der Waals surface area contributed by atoms with Gasteiger partial charge in [-0.3, -0.25) is 4.79 Å². The highest BCUT2D eigenvalue weighted by atomic mass is 32.1. The van der Waals surface area contributed by atoms with Crippen LogP contribution in [0.25, 0.3) is 5.78 Å². The predicted molar refractivity (Wildman–Crippen MR) is 119 cm³/mol. The molecule has 1 unspecified atom stereocenters. The molecule has 1 aliphatic rings. The normalized spacial score (nSPS) is 16.2. The molecule has 0 saturated heterocycles. The first kappa shape index (κ1) is 23.2. The summed E-state index contributed by atoms with van der Waals surface area (Å²) in [6.07, 6.45) is -0.365. The first-order valence-corrected chi connectivity index (χ1v) is 11.4. The Balaban J connectivity index is 1.69.